The maximum absolute atomic E-state index is 12.2. The van der Waals surface area contributed by atoms with Crippen molar-refractivity contribution in [2.24, 2.45) is 0 Å². The van der Waals surface area contributed by atoms with E-state index in [4.69, 9.17) is 9.47 Å². The van der Waals surface area contributed by atoms with Gasteiger partial charge in [0.2, 0.25) is 10.0 Å². The number of benzene rings is 2. The highest BCUT2D eigenvalue weighted by Gasteiger charge is 2.18. The van der Waals surface area contributed by atoms with Gasteiger partial charge in [-0.3, -0.25) is 0 Å². The molecule has 0 saturated carbocycles. The van der Waals surface area contributed by atoms with Crippen molar-refractivity contribution < 1.29 is 27.8 Å². The number of carbonyl (C=O) groups is 1. The normalized spacial score (nSPS) is 11.1. The lowest BCUT2D eigenvalue weighted by atomic mass is 10.1. The van der Waals surface area contributed by atoms with Crippen molar-refractivity contribution in [2.45, 2.75) is 24.7 Å². The van der Waals surface area contributed by atoms with Crippen LogP contribution in [0.3, 0.4) is 0 Å². The van der Waals surface area contributed by atoms with Crippen LogP contribution < -0.4 is 19.5 Å². The zero-order valence-corrected chi connectivity index (χ0v) is 17.5. The summed E-state index contributed by atoms with van der Waals surface area (Å²) in [6.45, 7) is 2.59. The molecule has 0 bridgehead atoms. The number of rotatable bonds is 11. The summed E-state index contributed by atoms with van der Waals surface area (Å²) in [6, 6.07) is 9.59. The van der Waals surface area contributed by atoms with Crippen molar-refractivity contribution in [1.29, 1.82) is 0 Å². The predicted molar refractivity (Wildman–Crippen MR) is 111 cm³/mol. The number of sulfonamides is 1. The molecule has 0 aromatic heterocycles. The highest BCUT2D eigenvalue weighted by Crippen LogP contribution is 2.28. The van der Waals surface area contributed by atoms with Crippen molar-refractivity contribution in [1.82, 2.24) is 4.72 Å². The molecular formula is C20H26N2O6S. The molecule has 158 valence electrons. The van der Waals surface area contributed by atoms with Crippen LogP contribution in [-0.4, -0.2) is 46.8 Å². The van der Waals surface area contributed by atoms with Crippen molar-refractivity contribution in [3.05, 3.63) is 47.5 Å². The lowest BCUT2D eigenvalue weighted by Gasteiger charge is -2.13. The fourth-order valence-corrected chi connectivity index (χ4v) is 3.88. The average molecular weight is 423 g/mol. The smallest absolute Gasteiger partial charge is 0.337 e. The minimum atomic E-state index is -3.74. The van der Waals surface area contributed by atoms with Gasteiger partial charge < -0.3 is 19.9 Å². The van der Waals surface area contributed by atoms with E-state index >= 15 is 0 Å². The summed E-state index contributed by atoms with van der Waals surface area (Å²) in [7, 11) is -0.617. The molecular weight excluding hydrogens is 396 g/mol. The summed E-state index contributed by atoms with van der Waals surface area (Å²) in [5.41, 5.74) is 1.24. The van der Waals surface area contributed by atoms with Crippen LogP contribution in [0.5, 0.6) is 11.5 Å². The van der Waals surface area contributed by atoms with Crippen LogP contribution in [0.25, 0.3) is 0 Å². The van der Waals surface area contributed by atoms with Gasteiger partial charge in [-0.2, -0.15) is 0 Å². The van der Waals surface area contributed by atoms with Crippen LogP contribution in [-0.2, 0) is 16.4 Å². The molecule has 0 spiro atoms. The fraction of sp³-hybridized carbons (Fsp3) is 0.350. The van der Waals surface area contributed by atoms with Crippen LogP contribution >= 0.6 is 0 Å². The number of aromatic carboxylic acids is 1. The van der Waals surface area contributed by atoms with Gasteiger partial charge in [0, 0.05) is 18.8 Å². The number of carboxylic acid groups (broad SMARTS) is 1. The van der Waals surface area contributed by atoms with Gasteiger partial charge in [-0.15, -0.1) is 0 Å². The highest BCUT2D eigenvalue weighted by atomic mass is 32.2. The van der Waals surface area contributed by atoms with Gasteiger partial charge in [-0.05, 0) is 48.7 Å². The molecule has 0 saturated heterocycles. The summed E-state index contributed by atoms with van der Waals surface area (Å²) < 4.78 is 37.4. The van der Waals surface area contributed by atoms with Crippen molar-refractivity contribution >= 4 is 21.7 Å². The van der Waals surface area contributed by atoms with Gasteiger partial charge in [-0.1, -0.05) is 13.0 Å². The van der Waals surface area contributed by atoms with Gasteiger partial charge in [0.1, 0.15) is 0 Å². The van der Waals surface area contributed by atoms with Crippen LogP contribution in [0.1, 0.15) is 29.3 Å². The molecule has 2 aromatic rings. The second-order valence-corrected chi connectivity index (χ2v) is 8.04. The van der Waals surface area contributed by atoms with E-state index in [0.29, 0.717) is 36.6 Å². The van der Waals surface area contributed by atoms with E-state index in [-0.39, 0.29) is 17.0 Å². The lowest BCUT2D eigenvalue weighted by Crippen LogP contribution is -2.24. The standard InChI is InChI=1S/C20H26N2O6S/c1-4-10-22-29(25,26)15-6-7-17(16(13-15)20(23)24)21-11-9-14-5-8-18(27-2)19(12-14)28-3/h5-8,12-13,21-22H,4,9-11H2,1-3H3,(H,23,24). The molecule has 0 aliphatic heterocycles. The number of carboxylic acids is 1. The maximum atomic E-state index is 12.2. The quantitative estimate of drug-likeness (QED) is 0.510. The van der Waals surface area contributed by atoms with E-state index in [1.54, 1.807) is 20.3 Å². The Balaban J connectivity index is 2.14. The van der Waals surface area contributed by atoms with Crippen LogP contribution in [0.15, 0.2) is 41.3 Å². The van der Waals surface area contributed by atoms with Gasteiger partial charge >= 0.3 is 5.97 Å². The summed E-state index contributed by atoms with van der Waals surface area (Å²) in [6.07, 6.45) is 1.25. The number of ether oxygens (including phenoxy) is 2. The van der Waals surface area contributed by atoms with E-state index < -0.39 is 16.0 Å². The Labute approximate surface area is 170 Å². The predicted octanol–water partition coefficient (Wildman–Crippen LogP) is 2.74. The minimum Gasteiger partial charge on any atom is -0.493 e. The minimum absolute atomic E-state index is 0.0752. The van der Waals surface area contributed by atoms with E-state index in [1.807, 2.05) is 19.1 Å². The first-order valence-corrected chi connectivity index (χ1v) is 10.6. The third kappa shape index (κ3) is 5.85. The molecule has 0 radical (unpaired) electrons. The molecule has 0 heterocycles. The SMILES string of the molecule is CCCNS(=O)(=O)c1ccc(NCCc2ccc(OC)c(OC)c2)c(C(=O)O)c1. The maximum Gasteiger partial charge on any atom is 0.337 e. The molecule has 2 aromatic carbocycles. The van der Waals surface area contributed by atoms with Crippen LogP contribution in [0.4, 0.5) is 5.69 Å². The number of anilines is 1. The Morgan fingerprint density at radius 3 is 2.38 bits per heavy atom. The molecule has 0 unspecified atom stereocenters. The molecule has 0 aliphatic rings. The van der Waals surface area contributed by atoms with E-state index in [2.05, 4.69) is 10.0 Å². The average Bonchev–Trinajstić information content (AvgIpc) is 2.72. The van der Waals surface area contributed by atoms with Crippen LogP contribution in [0, 0.1) is 0 Å². The molecule has 0 amide bonds. The second-order valence-electron chi connectivity index (χ2n) is 6.28. The summed E-state index contributed by atoms with van der Waals surface area (Å²) in [5, 5.41) is 12.6. The number of nitrogens with one attached hydrogen (secondary N) is 2. The third-order valence-corrected chi connectivity index (χ3v) is 5.71. The second kappa shape index (κ2) is 10.1. The molecule has 2 rings (SSSR count). The topological polar surface area (TPSA) is 114 Å². The Morgan fingerprint density at radius 2 is 1.76 bits per heavy atom. The molecule has 9 heteroatoms. The first kappa shape index (κ1) is 22.5. The van der Waals surface area contributed by atoms with Gasteiger partial charge in [0.25, 0.3) is 0 Å². The lowest BCUT2D eigenvalue weighted by molar-refractivity contribution is 0.0697. The van der Waals surface area contributed by atoms with Crippen molar-refractivity contribution in [3.63, 3.8) is 0 Å². The van der Waals surface area contributed by atoms with E-state index in [1.165, 1.54) is 18.2 Å². The fourth-order valence-electron chi connectivity index (χ4n) is 2.72. The molecule has 29 heavy (non-hydrogen) atoms. The number of methoxy groups -OCH3 is 2. The number of hydrogen-bond donors (Lipinski definition) is 3. The summed E-state index contributed by atoms with van der Waals surface area (Å²) in [4.78, 5) is 11.5. The zero-order valence-electron chi connectivity index (χ0n) is 16.7. The Hall–Kier alpha value is -2.78. The Bertz CT molecular complexity index is 959. The Morgan fingerprint density at radius 1 is 1.03 bits per heavy atom. The molecule has 3 N–H and O–H groups in total. The van der Waals surface area contributed by atoms with Gasteiger partial charge in [0.15, 0.2) is 11.5 Å². The molecule has 8 nitrogen and oxygen atoms in total. The van der Waals surface area contributed by atoms with Crippen molar-refractivity contribution in [2.75, 3.05) is 32.6 Å². The van der Waals surface area contributed by atoms with Gasteiger partial charge in [-0.25, -0.2) is 17.9 Å². The monoisotopic (exact) mass is 422 g/mol. The number of hydrogen-bond acceptors (Lipinski definition) is 6. The highest BCUT2D eigenvalue weighted by molar-refractivity contribution is 7.89. The summed E-state index contributed by atoms with van der Waals surface area (Å²) >= 11 is 0. The first-order valence-electron chi connectivity index (χ1n) is 9.14. The van der Waals surface area contributed by atoms with E-state index in [9.17, 15) is 18.3 Å². The van der Waals surface area contributed by atoms with Crippen molar-refractivity contribution in [3.8, 4) is 11.5 Å². The molecule has 0 fully saturated rings. The van der Waals surface area contributed by atoms with E-state index in [0.717, 1.165) is 5.56 Å². The third-order valence-electron chi connectivity index (χ3n) is 4.25. The zero-order chi connectivity index (χ0) is 21.4. The first-order chi connectivity index (χ1) is 13.8. The van der Waals surface area contributed by atoms with Crippen LogP contribution in [0.2, 0.25) is 0 Å². The molecule has 0 aliphatic carbocycles. The summed E-state index contributed by atoms with van der Waals surface area (Å²) in [5.74, 6) is 0.0439. The molecule has 0 atom stereocenters. The Kier molecular flexibility index (Phi) is 7.86. The largest absolute Gasteiger partial charge is 0.493 e. The van der Waals surface area contributed by atoms with Gasteiger partial charge in [0.05, 0.1) is 24.7 Å².